The van der Waals surface area contributed by atoms with Gasteiger partial charge in [-0.3, -0.25) is 20.4 Å². The number of thiophene rings is 1. The van der Waals surface area contributed by atoms with Crippen molar-refractivity contribution in [2.75, 3.05) is 5.75 Å². The number of nitrogens with one attached hydrogen (secondary N) is 2. The zero-order valence-corrected chi connectivity index (χ0v) is 15.6. The minimum atomic E-state index is -0.428. The van der Waals surface area contributed by atoms with Gasteiger partial charge in [-0.1, -0.05) is 29.4 Å². The molecule has 0 atom stereocenters. The maximum Gasteiger partial charge on any atom is 0.269 e. The fraction of sp³-hybridized carbons (Fsp3) is 0.133. The summed E-state index contributed by atoms with van der Waals surface area (Å²) in [5.74, 6) is -0.739. The molecule has 0 aliphatic carbocycles. The molecule has 0 aliphatic rings. The number of hydrazine groups is 1. The average Bonchev–Trinajstić information content (AvgIpc) is 3.31. The van der Waals surface area contributed by atoms with Gasteiger partial charge in [0.2, 0.25) is 11.1 Å². The van der Waals surface area contributed by atoms with Crippen molar-refractivity contribution in [2.45, 2.75) is 11.7 Å². The van der Waals surface area contributed by atoms with Gasteiger partial charge in [0.1, 0.15) is 0 Å². The van der Waals surface area contributed by atoms with Crippen LogP contribution >= 0.6 is 34.7 Å². The molecule has 2 amide bonds. The van der Waals surface area contributed by atoms with Crippen LogP contribution < -0.4 is 10.9 Å². The summed E-state index contributed by atoms with van der Waals surface area (Å²) in [6, 6.07) is 10.3. The highest BCUT2D eigenvalue weighted by Crippen LogP contribution is 2.16. The van der Waals surface area contributed by atoms with Gasteiger partial charge < -0.3 is 0 Å². The molecule has 134 valence electrons. The number of thioether (sulfide) groups is 1. The number of amides is 2. The zero-order valence-electron chi connectivity index (χ0n) is 13.3. The number of tetrazole rings is 1. The third-order valence-corrected chi connectivity index (χ3v) is 5.21. The Kier molecular flexibility index (Phi) is 6.21. The third-order valence-electron chi connectivity index (χ3n) is 3.14. The molecular formula is C15H13ClN6O2S2. The first-order valence-electron chi connectivity index (χ1n) is 7.38. The van der Waals surface area contributed by atoms with Gasteiger partial charge in [-0.15, -0.1) is 16.4 Å². The van der Waals surface area contributed by atoms with Gasteiger partial charge in [-0.05, 0) is 46.1 Å². The molecule has 0 spiro atoms. The molecule has 0 saturated carbocycles. The maximum absolute atomic E-state index is 11.9. The van der Waals surface area contributed by atoms with Crippen molar-refractivity contribution in [3.63, 3.8) is 0 Å². The van der Waals surface area contributed by atoms with Crippen LogP contribution in [0.4, 0.5) is 0 Å². The molecule has 2 N–H and O–H groups in total. The Bertz CT molecular complexity index is 882. The Balaban J connectivity index is 1.46. The van der Waals surface area contributed by atoms with E-state index >= 15 is 0 Å². The summed E-state index contributed by atoms with van der Waals surface area (Å²) in [5, 5.41) is 14.5. The van der Waals surface area contributed by atoms with Crippen LogP contribution in [-0.4, -0.2) is 37.8 Å². The Morgan fingerprint density at radius 1 is 1.19 bits per heavy atom. The van der Waals surface area contributed by atoms with E-state index in [9.17, 15) is 9.59 Å². The van der Waals surface area contributed by atoms with Gasteiger partial charge in [0, 0.05) is 15.5 Å². The summed E-state index contributed by atoms with van der Waals surface area (Å²) < 4.78 is 1.62. The van der Waals surface area contributed by atoms with Gasteiger partial charge in [-0.2, -0.15) is 0 Å². The molecule has 2 heterocycles. The molecule has 11 heteroatoms. The molecule has 0 aliphatic heterocycles. The Hall–Kier alpha value is -2.43. The predicted octanol–water partition coefficient (Wildman–Crippen LogP) is 1.99. The van der Waals surface area contributed by atoms with E-state index in [1.165, 1.54) is 11.8 Å². The van der Waals surface area contributed by atoms with Crippen molar-refractivity contribution >= 4 is 46.5 Å². The molecule has 0 saturated heterocycles. The zero-order chi connectivity index (χ0) is 18.4. The molecule has 3 aromatic rings. The Morgan fingerprint density at radius 2 is 2.00 bits per heavy atom. The molecule has 1 aromatic carbocycles. The maximum atomic E-state index is 11.9. The topological polar surface area (TPSA) is 102 Å². The van der Waals surface area contributed by atoms with E-state index in [4.69, 9.17) is 11.6 Å². The molecule has 26 heavy (non-hydrogen) atoms. The number of nitrogens with zero attached hydrogens (tertiary/aromatic N) is 4. The SMILES string of the molecule is O=C(CSc1nnnn1Cc1cccs1)NNC(=O)c1ccc(Cl)cc1. The molecule has 0 unspecified atom stereocenters. The summed E-state index contributed by atoms with van der Waals surface area (Å²) in [5.41, 5.74) is 5.09. The lowest BCUT2D eigenvalue weighted by molar-refractivity contribution is -0.119. The first kappa shape index (κ1) is 18.4. The van der Waals surface area contributed by atoms with Crippen LogP contribution in [-0.2, 0) is 11.3 Å². The van der Waals surface area contributed by atoms with E-state index in [1.54, 1.807) is 40.3 Å². The second-order valence-electron chi connectivity index (χ2n) is 5.00. The number of benzene rings is 1. The van der Waals surface area contributed by atoms with Crippen molar-refractivity contribution < 1.29 is 9.59 Å². The quantitative estimate of drug-likeness (QED) is 0.477. The van der Waals surface area contributed by atoms with Crippen molar-refractivity contribution in [3.05, 3.63) is 57.2 Å². The number of carbonyl (C=O) groups excluding carboxylic acids is 2. The van der Waals surface area contributed by atoms with Crippen LogP contribution in [0.3, 0.4) is 0 Å². The van der Waals surface area contributed by atoms with Crippen LogP contribution in [0, 0.1) is 0 Å². The normalized spacial score (nSPS) is 10.5. The van der Waals surface area contributed by atoms with Gasteiger partial charge in [0.15, 0.2) is 0 Å². The lowest BCUT2D eigenvalue weighted by Crippen LogP contribution is -2.42. The standard InChI is InChI=1S/C15H13ClN6O2S2/c16-11-5-3-10(4-6-11)14(24)18-17-13(23)9-26-15-19-20-21-22(15)8-12-2-1-7-25-12/h1-7H,8-9H2,(H,17,23)(H,18,24). The number of hydrogen-bond donors (Lipinski definition) is 2. The summed E-state index contributed by atoms with van der Waals surface area (Å²) in [4.78, 5) is 24.9. The number of hydrogen-bond acceptors (Lipinski definition) is 7. The monoisotopic (exact) mass is 408 g/mol. The highest BCUT2D eigenvalue weighted by molar-refractivity contribution is 7.99. The van der Waals surface area contributed by atoms with Crippen LogP contribution in [0.1, 0.15) is 15.2 Å². The second-order valence-corrected chi connectivity index (χ2v) is 7.41. The van der Waals surface area contributed by atoms with Crippen LogP contribution in [0.5, 0.6) is 0 Å². The van der Waals surface area contributed by atoms with Gasteiger partial charge in [0.05, 0.1) is 12.3 Å². The minimum Gasteiger partial charge on any atom is -0.272 e. The molecule has 0 bridgehead atoms. The molecule has 0 fully saturated rings. The van der Waals surface area contributed by atoms with E-state index in [-0.39, 0.29) is 11.7 Å². The second kappa shape index (κ2) is 8.79. The van der Waals surface area contributed by atoms with E-state index in [1.807, 2.05) is 17.5 Å². The van der Waals surface area contributed by atoms with Crippen molar-refractivity contribution in [2.24, 2.45) is 0 Å². The number of aromatic nitrogens is 4. The van der Waals surface area contributed by atoms with Crippen molar-refractivity contribution in [3.8, 4) is 0 Å². The lowest BCUT2D eigenvalue weighted by atomic mass is 10.2. The van der Waals surface area contributed by atoms with Gasteiger partial charge in [0.25, 0.3) is 5.91 Å². The largest absolute Gasteiger partial charge is 0.272 e. The number of carbonyl (C=O) groups is 2. The summed E-state index contributed by atoms with van der Waals surface area (Å²) in [6.07, 6.45) is 0. The van der Waals surface area contributed by atoms with Crippen molar-refractivity contribution in [1.29, 1.82) is 0 Å². The van der Waals surface area contributed by atoms with E-state index in [0.29, 0.717) is 22.3 Å². The fourth-order valence-corrected chi connectivity index (χ4v) is 3.40. The molecule has 3 rings (SSSR count). The van der Waals surface area contributed by atoms with Gasteiger partial charge >= 0.3 is 0 Å². The molecule has 8 nitrogen and oxygen atoms in total. The van der Waals surface area contributed by atoms with Gasteiger partial charge in [-0.25, -0.2) is 4.68 Å². The van der Waals surface area contributed by atoms with E-state index < -0.39 is 5.91 Å². The summed E-state index contributed by atoms with van der Waals surface area (Å²) in [7, 11) is 0. The minimum absolute atomic E-state index is 0.0612. The summed E-state index contributed by atoms with van der Waals surface area (Å²) >= 11 is 8.56. The highest BCUT2D eigenvalue weighted by Gasteiger charge is 2.12. The smallest absolute Gasteiger partial charge is 0.269 e. The lowest BCUT2D eigenvalue weighted by Gasteiger charge is -2.07. The first-order chi connectivity index (χ1) is 12.6. The summed E-state index contributed by atoms with van der Waals surface area (Å²) in [6.45, 7) is 0.544. The van der Waals surface area contributed by atoms with E-state index in [0.717, 1.165) is 4.88 Å². The predicted molar refractivity (Wildman–Crippen MR) is 99.0 cm³/mol. The van der Waals surface area contributed by atoms with E-state index in [2.05, 4.69) is 26.4 Å². The number of rotatable bonds is 6. The first-order valence-corrected chi connectivity index (χ1v) is 9.62. The molecule has 0 radical (unpaired) electrons. The highest BCUT2D eigenvalue weighted by atomic mass is 35.5. The third kappa shape index (κ3) is 5.04. The van der Waals surface area contributed by atoms with Crippen LogP contribution in [0.15, 0.2) is 46.9 Å². The Labute approximate surface area is 161 Å². The fourth-order valence-electron chi connectivity index (χ4n) is 1.92. The van der Waals surface area contributed by atoms with Crippen LogP contribution in [0.25, 0.3) is 0 Å². The number of halogens is 1. The van der Waals surface area contributed by atoms with Crippen LogP contribution in [0.2, 0.25) is 5.02 Å². The average molecular weight is 409 g/mol. The Morgan fingerprint density at radius 3 is 2.73 bits per heavy atom. The van der Waals surface area contributed by atoms with Crippen molar-refractivity contribution in [1.82, 2.24) is 31.1 Å². The molecular weight excluding hydrogens is 396 g/mol. The molecule has 2 aromatic heterocycles.